The first-order chi connectivity index (χ1) is 8.83. The Hall–Kier alpha value is -2.01. The molecule has 0 aromatic carbocycles. The smallest absolute Gasteiger partial charge is 0.116 e. The second-order valence-corrected chi connectivity index (χ2v) is 4.36. The highest BCUT2D eigenvalue weighted by atomic mass is 32.1. The normalized spacial score (nSPS) is 10.9. The average Bonchev–Trinajstić information content (AvgIpc) is 2.73. The largest absolute Gasteiger partial charge is 0.376 e. The number of aromatic nitrogens is 3. The molecule has 18 heavy (non-hydrogen) atoms. The lowest BCUT2D eigenvalue weighted by Gasteiger charge is -2.04. The summed E-state index contributed by atoms with van der Waals surface area (Å²) < 4.78 is 2.06. The third kappa shape index (κ3) is 1.55. The van der Waals surface area contributed by atoms with Crippen molar-refractivity contribution in [2.24, 2.45) is 0 Å². The number of thiocarbonyl (C=S) groups is 1. The fourth-order valence-electron chi connectivity index (χ4n) is 2.14. The van der Waals surface area contributed by atoms with Crippen LogP contribution in [0.15, 0.2) is 36.9 Å². The second-order valence-electron chi connectivity index (χ2n) is 3.95. The maximum absolute atomic E-state index is 5.44. The van der Waals surface area contributed by atoms with E-state index in [1.807, 2.05) is 37.5 Å². The molecule has 0 aliphatic rings. The van der Waals surface area contributed by atoms with Gasteiger partial charge in [0.1, 0.15) is 16.8 Å². The monoisotopic (exact) mass is 256 g/mol. The molecule has 0 amide bonds. The Labute approximate surface area is 110 Å². The molecule has 5 heteroatoms. The van der Waals surface area contributed by atoms with Crippen LogP contribution in [0.1, 0.15) is 12.5 Å². The summed E-state index contributed by atoms with van der Waals surface area (Å²) in [6.07, 6.45) is 5.37. The van der Waals surface area contributed by atoms with Gasteiger partial charge in [0.2, 0.25) is 0 Å². The molecule has 3 rings (SSSR count). The molecular weight excluding hydrogens is 244 g/mol. The minimum Gasteiger partial charge on any atom is -0.376 e. The Morgan fingerprint density at radius 2 is 2.28 bits per heavy atom. The predicted molar refractivity (Wildman–Crippen MR) is 75.9 cm³/mol. The fraction of sp³-hybridized carbons (Fsp3) is 0.154. The van der Waals surface area contributed by atoms with Crippen LogP contribution in [0.3, 0.4) is 0 Å². The first-order valence-corrected chi connectivity index (χ1v) is 6.20. The van der Waals surface area contributed by atoms with Crippen LogP contribution in [0.2, 0.25) is 0 Å². The van der Waals surface area contributed by atoms with Crippen LogP contribution in [0.4, 0.5) is 0 Å². The lowest BCUT2D eigenvalue weighted by atomic mass is 10.2. The van der Waals surface area contributed by atoms with Crippen LogP contribution in [0, 0.1) is 0 Å². The number of rotatable bonds is 2. The molecule has 0 saturated heterocycles. The molecule has 3 heterocycles. The summed E-state index contributed by atoms with van der Waals surface area (Å²) in [7, 11) is 0. The van der Waals surface area contributed by atoms with E-state index in [0.29, 0.717) is 0 Å². The lowest BCUT2D eigenvalue weighted by molar-refractivity contribution is 0.984. The van der Waals surface area contributed by atoms with Gasteiger partial charge in [-0.3, -0.25) is 0 Å². The Bertz CT molecular complexity index is 679. The third-order valence-electron chi connectivity index (χ3n) is 2.87. The van der Waals surface area contributed by atoms with Crippen LogP contribution in [-0.4, -0.2) is 25.9 Å². The highest BCUT2D eigenvalue weighted by Crippen LogP contribution is 2.24. The van der Waals surface area contributed by atoms with Crippen molar-refractivity contribution >= 4 is 33.8 Å². The summed E-state index contributed by atoms with van der Waals surface area (Å²) in [6, 6.07) is 6.03. The Kier molecular flexibility index (Phi) is 2.68. The first-order valence-electron chi connectivity index (χ1n) is 5.80. The van der Waals surface area contributed by atoms with Crippen LogP contribution < -0.4 is 5.32 Å². The summed E-state index contributed by atoms with van der Waals surface area (Å²) >= 11 is 5.44. The molecule has 0 unspecified atom stereocenters. The highest BCUT2D eigenvalue weighted by molar-refractivity contribution is 7.80. The van der Waals surface area contributed by atoms with Crippen molar-refractivity contribution in [3.63, 3.8) is 0 Å². The van der Waals surface area contributed by atoms with Gasteiger partial charge in [-0.25, -0.2) is 9.97 Å². The summed E-state index contributed by atoms with van der Waals surface area (Å²) in [5, 5.41) is 3.19. The van der Waals surface area contributed by atoms with Crippen molar-refractivity contribution in [2.45, 2.75) is 6.92 Å². The highest BCUT2D eigenvalue weighted by Gasteiger charge is 2.15. The van der Waals surface area contributed by atoms with E-state index in [2.05, 4.69) is 19.7 Å². The van der Waals surface area contributed by atoms with Crippen LogP contribution in [0.25, 0.3) is 16.6 Å². The van der Waals surface area contributed by atoms with Crippen molar-refractivity contribution in [1.82, 2.24) is 19.7 Å². The van der Waals surface area contributed by atoms with E-state index < -0.39 is 0 Å². The van der Waals surface area contributed by atoms with Gasteiger partial charge in [-0.2, -0.15) is 0 Å². The third-order valence-corrected chi connectivity index (χ3v) is 3.22. The van der Waals surface area contributed by atoms with Gasteiger partial charge in [0.15, 0.2) is 0 Å². The molecule has 0 atom stereocenters. The van der Waals surface area contributed by atoms with Gasteiger partial charge in [0.05, 0.1) is 22.8 Å². The molecule has 0 aliphatic heterocycles. The minimum atomic E-state index is 0.731. The van der Waals surface area contributed by atoms with Gasteiger partial charge in [-0.05, 0) is 19.1 Å². The molecule has 0 aliphatic carbocycles. The van der Waals surface area contributed by atoms with E-state index in [1.54, 1.807) is 6.33 Å². The molecule has 0 radical (unpaired) electrons. The van der Waals surface area contributed by atoms with E-state index in [1.165, 1.54) is 0 Å². The number of nitrogens with one attached hydrogen (secondary N) is 1. The molecule has 3 aromatic rings. The zero-order valence-corrected chi connectivity index (χ0v) is 10.7. The second kappa shape index (κ2) is 4.34. The number of hydrogen-bond donors (Lipinski definition) is 1. The van der Waals surface area contributed by atoms with Gasteiger partial charge in [-0.1, -0.05) is 18.3 Å². The quantitative estimate of drug-likeness (QED) is 0.714. The molecule has 0 spiro atoms. The summed E-state index contributed by atoms with van der Waals surface area (Å²) in [6.45, 7) is 2.83. The number of hydrogen-bond acceptors (Lipinski definition) is 3. The van der Waals surface area contributed by atoms with Gasteiger partial charge in [0.25, 0.3) is 0 Å². The Balaban J connectivity index is 2.41. The van der Waals surface area contributed by atoms with E-state index in [4.69, 9.17) is 12.2 Å². The van der Waals surface area contributed by atoms with Crippen molar-refractivity contribution in [1.29, 1.82) is 0 Å². The topological polar surface area (TPSA) is 42.2 Å². The van der Waals surface area contributed by atoms with E-state index in [-0.39, 0.29) is 0 Å². The Morgan fingerprint density at radius 1 is 1.39 bits per heavy atom. The molecule has 0 saturated carbocycles. The van der Waals surface area contributed by atoms with Gasteiger partial charge in [-0.15, -0.1) is 0 Å². The van der Waals surface area contributed by atoms with Gasteiger partial charge in [0, 0.05) is 12.7 Å². The minimum absolute atomic E-state index is 0.731. The van der Waals surface area contributed by atoms with Crippen LogP contribution >= 0.6 is 12.2 Å². The molecule has 3 aromatic heterocycles. The zero-order chi connectivity index (χ0) is 12.5. The Morgan fingerprint density at radius 3 is 3.11 bits per heavy atom. The SMILES string of the molecule is CCNC(=S)c1c2ncncc2n2ccccc12. The molecule has 0 fully saturated rings. The molecule has 4 nitrogen and oxygen atoms in total. The first kappa shape index (κ1) is 11.1. The van der Waals surface area contributed by atoms with E-state index in [0.717, 1.165) is 33.6 Å². The molecule has 1 N–H and O–H groups in total. The van der Waals surface area contributed by atoms with Gasteiger partial charge < -0.3 is 9.72 Å². The number of fused-ring (bicyclic) bond motifs is 3. The van der Waals surface area contributed by atoms with E-state index in [9.17, 15) is 0 Å². The molecule has 90 valence electrons. The van der Waals surface area contributed by atoms with Crippen molar-refractivity contribution < 1.29 is 0 Å². The van der Waals surface area contributed by atoms with Crippen LogP contribution in [-0.2, 0) is 0 Å². The van der Waals surface area contributed by atoms with Crippen molar-refractivity contribution in [2.75, 3.05) is 6.54 Å². The maximum Gasteiger partial charge on any atom is 0.116 e. The zero-order valence-electron chi connectivity index (χ0n) is 9.92. The summed E-state index contributed by atoms with van der Waals surface area (Å²) in [5.41, 5.74) is 3.90. The molecule has 0 bridgehead atoms. The lowest BCUT2D eigenvalue weighted by Crippen LogP contribution is -2.21. The summed E-state index contributed by atoms with van der Waals surface area (Å²) in [5.74, 6) is 0. The van der Waals surface area contributed by atoms with Crippen LogP contribution in [0.5, 0.6) is 0 Å². The predicted octanol–water partition coefficient (Wildman–Crippen LogP) is 2.17. The van der Waals surface area contributed by atoms with E-state index >= 15 is 0 Å². The van der Waals surface area contributed by atoms with Crippen molar-refractivity contribution in [3.05, 3.63) is 42.5 Å². The fourth-order valence-corrected chi connectivity index (χ4v) is 2.49. The number of pyridine rings is 1. The number of nitrogens with zero attached hydrogens (tertiary/aromatic N) is 3. The standard InChI is InChI=1S/C13H12N4S/c1-2-15-13(18)11-9-5-3-4-6-17(9)10-7-14-8-16-12(10)11/h3-8H,2H2,1H3,(H,15,18). The maximum atomic E-state index is 5.44. The average molecular weight is 256 g/mol. The van der Waals surface area contributed by atoms with Gasteiger partial charge >= 0.3 is 0 Å². The van der Waals surface area contributed by atoms with Crippen molar-refractivity contribution in [3.8, 4) is 0 Å². The molecular formula is C13H12N4S. The summed E-state index contributed by atoms with van der Waals surface area (Å²) in [4.78, 5) is 9.18.